The summed E-state index contributed by atoms with van der Waals surface area (Å²) in [5.74, 6) is 1.09. The minimum atomic E-state index is 0.0371. The van der Waals surface area contributed by atoms with Crippen molar-refractivity contribution < 1.29 is 4.79 Å². The molecule has 0 aromatic carbocycles. The Balaban J connectivity index is 1.49. The zero-order valence-corrected chi connectivity index (χ0v) is 14.3. The smallest absolute Gasteiger partial charge is 0.252 e. The van der Waals surface area contributed by atoms with Gasteiger partial charge in [0.1, 0.15) is 12.7 Å². The van der Waals surface area contributed by atoms with E-state index in [-0.39, 0.29) is 18.4 Å². The van der Waals surface area contributed by atoms with Crippen LogP contribution in [0.15, 0.2) is 18.7 Å². The summed E-state index contributed by atoms with van der Waals surface area (Å²) in [5.41, 5.74) is 1.85. The van der Waals surface area contributed by atoms with E-state index >= 15 is 0 Å². The Bertz CT molecular complexity index is 900. The molecule has 1 atom stereocenters. The number of rotatable bonds is 3. The van der Waals surface area contributed by atoms with Crippen LogP contribution in [-0.4, -0.2) is 58.2 Å². The number of hydrogen-bond acceptors (Lipinski definition) is 6. The highest BCUT2D eigenvalue weighted by molar-refractivity contribution is 5.78. The predicted octanol–water partition coefficient (Wildman–Crippen LogP) is 0.739. The molecule has 3 aromatic rings. The van der Waals surface area contributed by atoms with Gasteiger partial charge in [0.2, 0.25) is 5.91 Å². The summed E-state index contributed by atoms with van der Waals surface area (Å²) in [4.78, 5) is 27.3. The van der Waals surface area contributed by atoms with Crippen LogP contribution in [0.3, 0.4) is 0 Å². The lowest BCUT2D eigenvalue weighted by Crippen LogP contribution is -2.41. The van der Waals surface area contributed by atoms with Crippen molar-refractivity contribution in [2.24, 2.45) is 0 Å². The Morgan fingerprint density at radius 2 is 2.20 bits per heavy atom. The third-order valence-electron chi connectivity index (χ3n) is 4.53. The third-order valence-corrected chi connectivity index (χ3v) is 4.53. The first-order chi connectivity index (χ1) is 12.1. The number of fused-ring (bicyclic) bond motifs is 1. The van der Waals surface area contributed by atoms with Crippen LogP contribution < -0.4 is 0 Å². The molecule has 1 amide bonds. The average Bonchev–Trinajstić information content (AvgIpc) is 3.24. The highest BCUT2D eigenvalue weighted by atomic mass is 16.2. The second-order valence-corrected chi connectivity index (χ2v) is 6.47. The predicted molar refractivity (Wildman–Crippen MR) is 88.8 cm³/mol. The van der Waals surface area contributed by atoms with Crippen LogP contribution in [-0.2, 0) is 11.2 Å². The molecule has 0 aliphatic carbocycles. The zero-order chi connectivity index (χ0) is 17.4. The molecule has 4 heterocycles. The first-order valence-corrected chi connectivity index (χ1v) is 8.42. The maximum Gasteiger partial charge on any atom is 0.252 e. The van der Waals surface area contributed by atoms with Gasteiger partial charge in [-0.25, -0.2) is 19.2 Å². The summed E-state index contributed by atoms with van der Waals surface area (Å²) in [5, 5.41) is 8.62. The quantitative estimate of drug-likeness (QED) is 0.698. The lowest BCUT2D eigenvalue weighted by Gasteiger charge is -2.32. The average molecular weight is 340 g/mol. The summed E-state index contributed by atoms with van der Waals surface area (Å²) < 4.78 is 3.52. The largest absolute Gasteiger partial charge is 0.340 e. The number of likely N-dealkylation sites (tertiary alicyclic amines) is 1. The Hall–Kier alpha value is -2.84. The van der Waals surface area contributed by atoms with Gasteiger partial charge in [0.15, 0.2) is 5.82 Å². The van der Waals surface area contributed by atoms with Gasteiger partial charge >= 0.3 is 0 Å². The van der Waals surface area contributed by atoms with E-state index in [4.69, 9.17) is 0 Å². The Labute approximate surface area is 144 Å². The van der Waals surface area contributed by atoms with Crippen molar-refractivity contribution in [3.05, 3.63) is 35.9 Å². The summed E-state index contributed by atoms with van der Waals surface area (Å²) in [6, 6.07) is 2.13. The number of aryl methyl sites for hydroxylation is 2. The molecular weight excluding hydrogens is 320 g/mol. The van der Waals surface area contributed by atoms with Gasteiger partial charge in [-0.1, -0.05) is 0 Å². The second-order valence-electron chi connectivity index (χ2n) is 6.47. The molecule has 3 aromatic heterocycles. The van der Waals surface area contributed by atoms with Crippen molar-refractivity contribution in [3.63, 3.8) is 0 Å². The van der Waals surface area contributed by atoms with E-state index in [9.17, 15) is 4.79 Å². The zero-order valence-electron chi connectivity index (χ0n) is 14.3. The maximum atomic E-state index is 12.7. The van der Waals surface area contributed by atoms with Gasteiger partial charge in [0, 0.05) is 24.5 Å². The second kappa shape index (κ2) is 6.23. The summed E-state index contributed by atoms with van der Waals surface area (Å²) in [7, 11) is 0. The number of hydrogen-bond donors (Lipinski definition) is 0. The minimum absolute atomic E-state index is 0.0371. The van der Waals surface area contributed by atoms with E-state index < -0.39 is 0 Å². The van der Waals surface area contributed by atoms with E-state index in [1.807, 2.05) is 29.5 Å². The van der Waals surface area contributed by atoms with Gasteiger partial charge in [-0.15, -0.1) is 5.10 Å². The van der Waals surface area contributed by atoms with Crippen LogP contribution in [0.5, 0.6) is 0 Å². The van der Waals surface area contributed by atoms with Crippen molar-refractivity contribution >= 4 is 11.7 Å². The molecule has 130 valence electrons. The maximum absolute atomic E-state index is 12.7. The Kier molecular flexibility index (Phi) is 3.90. The minimum Gasteiger partial charge on any atom is -0.340 e. The fraction of sp³-hybridized carbons (Fsp3) is 0.500. The van der Waals surface area contributed by atoms with Gasteiger partial charge in [0.05, 0.1) is 12.5 Å². The fourth-order valence-corrected chi connectivity index (χ4v) is 3.33. The van der Waals surface area contributed by atoms with E-state index in [0.29, 0.717) is 18.1 Å². The monoisotopic (exact) mass is 340 g/mol. The third kappa shape index (κ3) is 3.09. The molecule has 0 bridgehead atoms. The van der Waals surface area contributed by atoms with Crippen LogP contribution >= 0.6 is 0 Å². The highest BCUT2D eigenvalue weighted by Gasteiger charge is 2.26. The Morgan fingerprint density at radius 1 is 1.32 bits per heavy atom. The molecule has 0 N–H and O–H groups in total. The van der Waals surface area contributed by atoms with Crippen LogP contribution in [0.25, 0.3) is 5.78 Å². The molecule has 9 heteroatoms. The first-order valence-electron chi connectivity index (χ1n) is 8.42. The van der Waals surface area contributed by atoms with E-state index in [2.05, 4.69) is 25.1 Å². The van der Waals surface area contributed by atoms with Crippen molar-refractivity contribution in [2.45, 2.75) is 39.2 Å². The topological polar surface area (TPSA) is 94.1 Å². The van der Waals surface area contributed by atoms with Crippen molar-refractivity contribution in [1.29, 1.82) is 0 Å². The number of carbonyl (C=O) groups excluding carboxylic acids is 1. The fourth-order valence-electron chi connectivity index (χ4n) is 3.33. The van der Waals surface area contributed by atoms with Gasteiger partial charge in [-0.05, 0) is 32.8 Å². The molecule has 9 nitrogen and oxygen atoms in total. The number of amides is 1. The van der Waals surface area contributed by atoms with Crippen LogP contribution in [0.4, 0.5) is 0 Å². The van der Waals surface area contributed by atoms with E-state index in [1.54, 1.807) is 10.8 Å². The van der Waals surface area contributed by atoms with Gasteiger partial charge in [-0.2, -0.15) is 10.1 Å². The van der Waals surface area contributed by atoms with Crippen LogP contribution in [0.1, 0.15) is 36.1 Å². The standard InChI is InChI=1S/C16H20N8O/c1-11-6-12(2)24-16(19-11)20-14(21-24)7-15(25)22-5-3-4-13(8-22)23-10-17-9-18-23/h6,9-10,13H,3-5,7-8H2,1-2H3. The summed E-state index contributed by atoms with van der Waals surface area (Å²) in [6.45, 7) is 5.28. The molecular formula is C16H20N8O. The lowest BCUT2D eigenvalue weighted by molar-refractivity contribution is -0.132. The summed E-state index contributed by atoms with van der Waals surface area (Å²) >= 11 is 0. The number of piperidine rings is 1. The van der Waals surface area contributed by atoms with Gasteiger partial charge < -0.3 is 4.90 Å². The molecule has 1 saturated heterocycles. The van der Waals surface area contributed by atoms with Crippen molar-refractivity contribution in [3.8, 4) is 0 Å². The van der Waals surface area contributed by atoms with Crippen LogP contribution in [0.2, 0.25) is 0 Å². The van der Waals surface area contributed by atoms with Crippen LogP contribution in [0, 0.1) is 13.8 Å². The van der Waals surface area contributed by atoms with Gasteiger partial charge in [-0.3, -0.25) is 4.79 Å². The number of nitrogens with zero attached hydrogens (tertiary/aromatic N) is 8. The number of aromatic nitrogens is 7. The molecule has 25 heavy (non-hydrogen) atoms. The Morgan fingerprint density at radius 3 is 3.00 bits per heavy atom. The van der Waals surface area contributed by atoms with E-state index in [0.717, 1.165) is 30.8 Å². The molecule has 4 rings (SSSR count). The lowest BCUT2D eigenvalue weighted by atomic mass is 10.1. The molecule has 0 radical (unpaired) electrons. The molecule has 1 unspecified atom stereocenters. The molecule has 0 saturated carbocycles. The first kappa shape index (κ1) is 15.7. The SMILES string of the molecule is Cc1cc(C)n2nc(CC(=O)N3CCCC(n4cncn4)C3)nc2n1. The summed E-state index contributed by atoms with van der Waals surface area (Å²) in [6.07, 6.45) is 5.38. The molecule has 1 aliphatic rings. The molecule has 1 aliphatic heterocycles. The normalized spacial score (nSPS) is 18.0. The van der Waals surface area contributed by atoms with Crippen molar-refractivity contribution in [2.75, 3.05) is 13.1 Å². The van der Waals surface area contributed by atoms with E-state index in [1.165, 1.54) is 6.33 Å². The van der Waals surface area contributed by atoms with Gasteiger partial charge in [0.25, 0.3) is 5.78 Å². The molecule has 1 fully saturated rings. The van der Waals surface area contributed by atoms with Crippen molar-refractivity contribution in [1.82, 2.24) is 39.2 Å². The molecule has 0 spiro atoms. The number of carbonyl (C=O) groups is 1. The highest BCUT2D eigenvalue weighted by Crippen LogP contribution is 2.20.